The highest BCUT2D eigenvalue weighted by Crippen LogP contribution is 2.32. The maximum atomic E-state index is 5.81. The number of rotatable bonds is 2. The average molecular weight is 220 g/mol. The van der Waals surface area contributed by atoms with E-state index in [-0.39, 0.29) is 5.41 Å². The molecule has 4 heteroatoms. The fourth-order valence-electron chi connectivity index (χ4n) is 2.20. The topological polar surface area (TPSA) is 55.0 Å². The van der Waals surface area contributed by atoms with Gasteiger partial charge >= 0.3 is 0 Å². The van der Waals surface area contributed by atoms with Crippen molar-refractivity contribution in [1.29, 1.82) is 0 Å². The highest BCUT2D eigenvalue weighted by molar-refractivity contribution is 5.44. The van der Waals surface area contributed by atoms with Gasteiger partial charge in [-0.3, -0.25) is 4.98 Å². The number of aromatic nitrogens is 2. The Bertz CT molecular complexity index is 391. The van der Waals surface area contributed by atoms with Gasteiger partial charge in [-0.1, -0.05) is 6.92 Å². The van der Waals surface area contributed by atoms with Gasteiger partial charge in [-0.15, -0.1) is 0 Å². The highest BCUT2D eigenvalue weighted by atomic mass is 15.2. The lowest BCUT2D eigenvalue weighted by atomic mass is 9.90. The first-order valence-corrected chi connectivity index (χ1v) is 5.79. The van der Waals surface area contributed by atoms with Gasteiger partial charge < -0.3 is 10.6 Å². The summed E-state index contributed by atoms with van der Waals surface area (Å²) in [7, 11) is 0. The third-order valence-corrected chi connectivity index (χ3v) is 3.40. The molecule has 0 radical (unpaired) electrons. The van der Waals surface area contributed by atoms with Gasteiger partial charge in [0.15, 0.2) is 0 Å². The summed E-state index contributed by atoms with van der Waals surface area (Å²) in [6.07, 6.45) is 2.95. The summed E-state index contributed by atoms with van der Waals surface area (Å²) in [5, 5.41) is 0. The van der Waals surface area contributed by atoms with E-state index in [4.69, 9.17) is 5.73 Å². The predicted octanol–water partition coefficient (Wildman–Crippen LogP) is 1.27. The molecule has 16 heavy (non-hydrogen) atoms. The Balaban J connectivity index is 2.23. The smallest absolute Gasteiger partial charge is 0.150 e. The van der Waals surface area contributed by atoms with Crippen molar-refractivity contribution in [2.45, 2.75) is 27.2 Å². The molecule has 0 bridgehead atoms. The minimum Gasteiger partial charge on any atom is -0.354 e. The van der Waals surface area contributed by atoms with Crippen molar-refractivity contribution in [1.82, 2.24) is 9.97 Å². The van der Waals surface area contributed by atoms with Crippen LogP contribution in [0.1, 0.15) is 24.7 Å². The lowest BCUT2D eigenvalue weighted by Crippen LogP contribution is -2.32. The standard InChI is InChI=1S/C12H20N4/c1-9-6-14-10(2)11(15-9)16-5-4-12(3,7-13)8-16/h6H,4-5,7-8,13H2,1-3H3. The summed E-state index contributed by atoms with van der Waals surface area (Å²) in [5.41, 5.74) is 8.03. The maximum Gasteiger partial charge on any atom is 0.150 e. The Labute approximate surface area is 96.9 Å². The van der Waals surface area contributed by atoms with E-state index < -0.39 is 0 Å². The lowest BCUT2D eigenvalue weighted by Gasteiger charge is -2.24. The van der Waals surface area contributed by atoms with Gasteiger partial charge in [-0.25, -0.2) is 4.98 Å². The molecule has 1 fully saturated rings. The van der Waals surface area contributed by atoms with Crippen LogP contribution in [-0.2, 0) is 0 Å². The fourth-order valence-corrected chi connectivity index (χ4v) is 2.20. The molecule has 2 rings (SSSR count). The number of nitrogens with two attached hydrogens (primary N) is 1. The molecule has 0 spiro atoms. The number of aryl methyl sites for hydroxylation is 2. The fraction of sp³-hybridized carbons (Fsp3) is 0.667. The first-order valence-electron chi connectivity index (χ1n) is 5.79. The molecule has 88 valence electrons. The SMILES string of the molecule is Cc1cnc(C)c(N2CCC(C)(CN)C2)n1. The lowest BCUT2D eigenvalue weighted by molar-refractivity contribution is 0.383. The van der Waals surface area contributed by atoms with Crippen molar-refractivity contribution in [2.75, 3.05) is 24.5 Å². The van der Waals surface area contributed by atoms with Gasteiger partial charge in [0.2, 0.25) is 0 Å². The first kappa shape index (κ1) is 11.3. The van der Waals surface area contributed by atoms with E-state index in [1.807, 2.05) is 20.0 Å². The molecule has 1 unspecified atom stereocenters. The molecule has 2 N–H and O–H groups in total. The summed E-state index contributed by atoms with van der Waals surface area (Å²) in [5.74, 6) is 1.03. The van der Waals surface area contributed by atoms with Gasteiger partial charge in [-0.2, -0.15) is 0 Å². The van der Waals surface area contributed by atoms with Crippen LogP contribution < -0.4 is 10.6 Å². The molecule has 0 amide bonds. The van der Waals surface area contributed by atoms with Crippen molar-refractivity contribution in [3.8, 4) is 0 Å². The third kappa shape index (κ3) is 2.02. The van der Waals surface area contributed by atoms with Crippen molar-refractivity contribution >= 4 is 5.82 Å². The van der Waals surface area contributed by atoms with Crippen LogP contribution in [0.25, 0.3) is 0 Å². The van der Waals surface area contributed by atoms with Gasteiger partial charge in [0.25, 0.3) is 0 Å². The van der Waals surface area contributed by atoms with Crippen LogP contribution in [0.4, 0.5) is 5.82 Å². The monoisotopic (exact) mass is 220 g/mol. The third-order valence-electron chi connectivity index (χ3n) is 3.40. The van der Waals surface area contributed by atoms with Crippen LogP contribution in [-0.4, -0.2) is 29.6 Å². The molecular formula is C12H20N4. The number of hydrogen-bond acceptors (Lipinski definition) is 4. The van der Waals surface area contributed by atoms with Gasteiger partial charge in [0.05, 0.1) is 11.4 Å². The summed E-state index contributed by atoms with van der Waals surface area (Å²) < 4.78 is 0. The summed E-state index contributed by atoms with van der Waals surface area (Å²) in [6.45, 7) is 9.00. The normalized spacial score (nSPS) is 25.1. The summed E-state index contributed by atoms with van der Waals surface area (Å²) in [6, 6.07) is 0. The molecule has 0 aromatic carbocycles. The van der Waals surface area contributed by atoms with E-state index in [0.717, 1.165) is 43.3 Å². The van der Waals surface area contributed by atoms with Crippen LogP contribution in [0, 0.1) is 19.3 Å². The molecule has 0 saturated carbocycles. The largest absolute Gasteiger partial charge is 0.354 e. The highest BCUT2D eigenvalue weighted by Gasteiger charge is 2.33. The van der Waals surface area contributed by atoms with Crippen molar-refractivity contribution < 1.29 is 0 Å². The van der Waals surface area contributed by atoms with Crippen molar-refractivity contribution in [3.05, 3.63) is 17.6 Å². The van der Waals surface area contributed by atoms with Crippen LogP contribution >= 0.6 is 0 Å². The van der Waals surface area contributed by atoms with Crippen LogP contribution in [0.3, 0.4) is 0 Å². The average Bonchev–Trinajstić information content (AvgIpc) is 2.65. The maximum absolute atomic E-state index is 5.81. The van der Waals surface area contributed by atoms with Crippen LogP contribution in [0.15, 0.2) is 6.20 Å². The Hall–Kier alpha value is -1.16. The van der Waals surface area contributed by atoms with E-state index in [9.17, 15) is 0 Å². The Morgan fingerprint density at radius 2 is 2.25 bits per heavy atom. The van der Waals surface area contributed by atoms with Crippen molar-refractivity contribution in [2.24, 2.45) is 11.1 Å². The molecule has 1 aromatic rings. The Kier molecular flexibility index (Phi) is 2.84. The second kappa shape index (κ2) is 4.01. The summed E-state index contributed by atoms with van der Waals surface area (Å²) in [4.78, 5) is 11.2. The predicted molar refractivity (Wildman–Crippen MR) is 65.5 cm³/mol. The molecule has 2 heterocycles. The zero-order valence-corrected chi connectivity index (χ0v) is 10.3. The van der Waals surface area contributed by atoms with E-state index in [0.29, 0.717) is 0 Å². The van der Waals surface area contributed by atoms with Gasteiger partial charge in [0.1, 0.15) is 5.82 Å². The van der Waals surface area contributed by atoms with E-state index in [1.165, 1.54) is 0 Å². The summed E-state index contributed by atoms with van der Waals surface area (Å²) >= 11 is 0. The minimum absolute atomic E-state index is 0.234. The second-order valence-corrected chi connectivity index (χ2v) is 5.11. The molecule has 1 aliphatic rings. The van der Waals surface area contributed by atoms with E-state index in [1.54, 1.807) is 0 Å². The molecule has 1 aromatic heterocycles. The van der Waals surface area contributed by atoms with Gasteiger partial charge in [0, 0.05) is 19.3 Å². The number of nitrogens with zero attached hydrogens (tertiary/aromatic N) is 3. The first-order chi connectivity index (χ1) is 7.54. The minimum atomic E-state index is 0.234. The van der Waals surface area contributed by atoms with E-state index >= 15 is 0 Å². The molecule has 1 atom stereocenters. The molecule has 4 nitrogen and oxygen atoms in total. The molecule has 1 aliphatic heterocycles. The van der Waals surface area contributed by atoms with Crippen molar-refractivity contribution in [3.63, 3.8) is 0 Å². The number of anilines is 1. The molecule has 1 saturated heterocycles. The Morgan fingerprint density at radius 1 is 1.50 bits per heavy atom. The van der Waals surface area contributed by atoms with Crippen LogP contribution in [0.5, 0.6) is 0 Å². The molecule has 0 aliphatic carbocycles. The zero-order valence-electron chi connectivity index (χ0n) is 10.3. The molecular weight excluding hydrogens is 200 g/mol. The number of hydrogen-bond donors (Lipinski definition) is 1. The van der Waals surface area contributed by atoms with Crippen LogP contribution in [0.2, 0.25) is 0 Å². The van der Waals surface area contributed by atoms with Gasteiger partial charge in [-0.05, 0) is 32.2 Å². The quantitative estimate of drug-likeness (QED) is 0.815. The zero-order chi connectivity index (χ0) is 11.8. The van der Waals surface area contributed by atoms with E-state index in [2.05, 4.69) is 21.8 Å². The second-order valence-electron chi connectivity index (χ2n) is 5.11. The Morgan fingerprint density at radius 3 is 2.88 bits per heavy atom.